The molecule has 1 saturated carbocycles. The van der Waals surface area contributed by atoms with Crippen LogP contribution in [0.4, 0.5) is 0 Å². The highest BCUT2D eigenvalue weighted by Gasteiger charge is 2.39. The van der Waals surface area contributed by atoms with Gasteiger partial charge in [-0.25, -0.2) is 0 Å². The minimum atomic E-state index is -0.151. The van der Waals surface area contributed by atoms with Crippen LogP contribution in [0.5, 0.6) is 0 Å². The Morgan fingerprint density at radius 2 is 1.84 bits per heavy atom. The van der Waals surface area contributed by atoms with Crippen molar-refractivity contribution in [2.75, 3.05) is 32.7 Å². The van der Waals surface area contributed by atoms with Crippen LogP contribution in [0.1, 0.15) is 76.4 Å². The zero-order chi connectivity index (χ0) is 22.2. The Morgan fingerprint density at radius 3 is 2.59 bits per heavy atom. The van der Waals surface area contributed by atoms with E-state index in [0.717, 1.165) is 18.9 Å². The van der Waals surface area contributed by atoms with Crippen molar-refractivity contribution in [3.05, 3.63) is 28.7 Å². The van der Waals surface area contributed by atoms with Crippen molar-refractivity contribution in [2.24, 2.45) is 5.92 Å². The summed E-state index contributed by atoms with van der Waals surface area (Å²) in [7, 11) is 0. The highest BCUT2D eigenvalue weighted by Crippen LogP contribution is 2.30. The molecule has 1 unspecified atom stereocenters. The van der Waals surface area contributed by atoms with E-state index in [-0.39, 0.29) is 17.9 Å². The molecule has 2 fully saturated rings. The summed E-state index contributed by atoms with van der Waals surface area (Å²) in [5.41, 5.74) is 1.15. The average molecular weight is 442 g/mol. The number of carbonyl (C=O) groups excluding carboxylic acids is 2. The molecule has 0 aromatic carbocycles. The number of rotatable bonds is 4. The summed E-state index contributed by atoms with van der Waals surface area (Å²) >= 11 is 0. The SMILES string of the molecule is Cc1noc(C)c1C(=O)N1CCN2CCn3c(C(=O)NCC4CCCCC4)nnc3C2C1. The number of aromatic nitrogens is 4. The summed E-state index contributed by atoms with van der Waals surface area (Å²) in [6.45, 7) is 7.66. The largest absolute Gasteiger partial charge is 0.361 e. The number of aryl methyl sites for hydroxylation is 2. The van der Waals surface area contributed by atoms with E-state index in [1.165, 1.54) is 32.1 Å². The minimum absolute atomic E-state index is 0.0667. The number of amides is 2. The van der Waals surface area contributed by atoms with Crippen LogP contribution < -0.4 is 5.32 Å². The van der Waals surface area contributed by atoms with Crippen molar-refractivity contribution < 1.29 is 14.1 Å². The van der Waals surface area contributed by atoms with Crippen molar-refractivity contribution >= 4 is 11.8 Å². The number of nitrogens with one attached hydrogen (secondary N) is 1. The Bertz CT molecular complexity index is 988. The molecule has 1 saturated heterocycles. The Labute approximate surface area is 187 Å². The second-order valence-corrected chi connectivity index (χ2v) is 9.25. The zero-order valence-electron chi connectivity index (χ0n) is 18.8. The van der Waals surface area contributed by atoms with Crippen molar-refractivity contribution in [3.8, 4) is 0 Å². The summed E-state index contributed by atoms with van der Waals surface area (Å²) in [5.74, 6) is 2.03. The maximum Gasteiger partial charge on any atom is 0.289 e. The molecule has 4 heterocycles. The van der Waals surface area contributed by atoms with Gasteiger partial charge in [-0.15, -0.1) is 10.2 Å². The first-order valence-electron chi connectivity index (χ1n) is 11.7. The Hall–Kier alpha value is -2.75. The molecule has 1 aliphatic carbocycles. The molecule has 0 radical (unpaired) electrons. The first kappa shape index (κ1) is 21.1. The van der Waals surface area contributed by atoms with Gasteiger partial charge in [-0.1, -0.05) is 24.4 Å². The topological polar surface area (TPSA) is 109 Å². The van der Waals surface area contributed by atoms with Crippen LogP contribution in [-0.2, 0) is 6.54 Å². The molecular weight excluding hydrogens is 410 g/mol. The number of fused-ring (bicyclic) bond motifs is 3. The molecule has 1 N–H and O–H groups in total. The molecule has 2 amide bonds. The van der Waals surface area contributed by atoms with E-state index in [9.17, 15) is 9.59 Å². The molecule has 2 aromatic rings. The quantitative estimate of drug-likeness (QED) is 0.769. The molecule has 1 atom stereocenters. The lowest BCUT2D eigenvalue weighted by molar-refractivity contribution is 0.0371. The Balaban J connectivity index is 1.30. The number of nitrogens with zero attached hydrogens (tertiary/aromatic N) is 6. The van der Waals surface area contributed by atoms with Crippen molar-refractivity contribution in [3.63, 3.8) is 0 Å². The van der Waals surface area contributed by atoms with Crippen LogP contribution in [0.2, 0.25) is 0 Å². The maximum atomic E-state index is 13.1. The van der Waals surface area contributed by atoms with Gasteiger partial charge >= 0.3 is 0 Å². The lowest BCUT2D eigenvalue weighted by Gasteiger charge is -2.43. The first-order valence-corrected chi connectivity index (χ1v) is 11.7. The van der Waals surface area contributed by atoms with Gasteiger partial charge in [0.2, 0.25) is 5.82 Å². The summed E-state index contributed by atoms with van der Waals surface area (Å²) in [4.78, 5) is 30.2. The monoisotopic (exact) mass is 441 g/mol. The zero-order valence-corrected chi connectivity index (χ0v) is 18.8. The van der Waals surface area contributed by atoms with Gasteiger partial charge in [0.15, 0.2) is 5.82 Å². The van der Waals surface area contributed by atoms with Gasteiger partial charge in [0, 0.05) is 39.3 Å². The first-order chi connectivity index (χ1) is 15.5. The van der Waals surface area contributed by atoms with Crippen LogP contribution in [0.25, 0.3) is 0 Å². The Kier molecular flexibility index (Phi) is 5.71. The third-order valence-electron chi connectivity index (χ3n) is 7.19. The molecule has 10 nitrogen and oxygen atoms in total. The molecule has 5 rings (SSSR count). The van der Waals surface area contributed by atoms with Gasteiger partial charge in [0.1, 0.15) is 11.3 Å². The third-order valence-corrected chi connectivity index (χ3v) is 7.19. The number of carbonyl (C=O) groups is 2. The van der Waals surface area contributed by atoms with Crippen LogP contribution in [0, 0.1) is 19.8 Å². The van der Waals surface area contributed by atoms with E-state index < -0.39 is 0 Å². The van der Waals surface area contributed by atoms with Crippen LogP contribution >= 0.6 is 0 Å². The van der Waals surface area contributed by atoms with Gasteiger partial charge in [-0.3, -0.25) is 14.5 Å². The molecule has 3 aliphatic rings. The van der Waals surface area contributed by atoms with E-state index in [4.69, 9.17) is 4.52 Å². The van der Waals surface area contributed by atoms with Crippen LogP contribution in [0.3, 0.4) is 0 Å². The highest BCUT2D eigenvalue weighted by molar-refractivity contribution is 5.96. The van der Waals surface area contributed by atoms with E-state index in [1.807, 2.05) is 9.47 Å². The Morgan fingerprint density at radius 1 is 1.06 bits per heavy atom. The van der Waals surface area contributed by atoms with Gasteiger partial charge in [0.25, 0.3) is 11.8 Å². The lowest BCUT2D eigenvalue weighted by atomic mass is 9.89. The fourth-order valence-corrected chi connectivity index (χ4v) is 5.35. The molecule has 2 aromatic heterocycles. The smallest absolute Gasteiger partial charge is 0.289 e. The molecule has 0 bridgehead atoms. The second-order valence-electron chi connectivity index (χ2n) is 9.25. The number of hydrogen-bond acceptors (Lipinski definition) is 7. The maximum absolute atomic E-state index is 13.1. The highest BCUT2D eigenvalue weighted by atomic mass is 16.5. The third kappa shape index (κ3) is 3.80. The van der Waals surface area contributed by atoms with Crippen LogP contribution in [-0.4, -0.2) is 74.3 Å². The van der Waals surface area contributed by atoms with Crippen molar-refractivity contribution in [1.29, 1.82) is 0 Å². The normalized spacial score (nSPS) is 21.8. The fraction of sp³-hybridized carbons (Fsp3) is 0.682. The average Bonchev–Trinajstić information content (AvgIpc) is 3.40. The van der Waals surface area contributed by atoms with Gasteiger partial charge in [-0.05, 0) is 32.6 Å². The summed E-state index contributed by atoms with van der Waals surface area (Å²) in [6, 6.07) is -0.0747. The van der Waals surface area contributed by atoms with Crippen LogP contribution in [0.15, 0.2) is 4.52 Å². The molecule has 0 spiro atoms. The van der Waals surface area contributed by atoms with E-state index in [1.54, 1.807) is 13.8 Å². The van der Waals surface area contributed by atoms with Crippen molar-refractivity contribution in [2.45, 2.75) is 58.5 Å². The molecule has 32 heavy (non-hydrogen) atoms. The predicted octanol–water partition coefficient (Wildman–Crippen LogP) is 1.71. The summed E-state index contributed by atoms with van der Waals surface area (Å²) in [6.07, 6.45) is 6.17. The van der Waals surface area contributed by atoms with Crippen molar-refractivity contribution in [1.82, 2.24) is 35.0 Å². The van der Waals surface area contributed by atoms with Gasteiger partial charge in [-0.2, -0.15) is 0 Å². The molecule has 10 heteroatoms. The van der Waals surface area contributed by atoms with Gasteiger partial charge in [0.05, 0.1) is 11.7 Å². The van der Waals surface area contributed by atoms with E-state index >= 15 is 0 Å². The lowest BCUT2D eigenvalue weighted by Crippen LogP contribution is -2.54. The molecule has 2 aliphatic heterocycles. The second kappa shape index (κ2) is 8.65. The summed E-state index contributed by atoms with van der Waals surface area (Å²) < 4.78 is 7.12. The number of piperazine rings is 1. The number of hydrogen-bond donors (Lipinski definition) is 1. The molecular formula is C22H31N7O3. The molecule has 172 valence electrons. The minimum Gasteiger partial charge on any atom is -0.361 e. The standard InChI is InChI=1S/C22H31N7O3/c1-14-18(15(2)32-26-14)22(31)28-9-8-27-10-11-29-19(17(27)13-28)24-25-20(29)21(30)23-12-16-6-4-3-5-7-16/h16-17H,3-13H2,1-2H3,(H,23,30). The fourth-order valence-electron chi connectivity index (χ4n) is 5.35. The van der Waals surface area contributed by atoms with Gasteiger partial charge < -0.3 is 19.3 Å². The predicted molar refractivity (Wildman–Crippen MR) is 115 cm³/mol. The van der Waals surface area contributed by atoms with E-state index in [2.05, 4.69) is 25.6 Å². The summed E-state index contributed by atoms with van der Waals surface area (Å²) in [5, 5.41) is 15.6. The van der Waals surface area contributed by atoms with E-state index in [0.29, 0.717) is 54.9 Å².